The molecular formula is C26H23F3N4O4S. The Labute approximate surface area is 216 Å². The van der Waals surface area contributed by atoms with E-state index in [1.165, 1.54) is 46.6 Å². The molecule has 0 atom stereocenters. The molecule has 0 spiro atoms. The van der Waals surface area contributed by atoms with Gasteiger partial charge >= 0.3 is 6.18 Å². The van der Waals surface area contributed by atoms with E-state index >= 15 is 0 Å². The summed E-state index contributed by atoms with van der Waals surface area (Å²) in [6, 6.07) is 19.7. The van der Waals surface area contributed by atoms with Crippen molar-refractivity contribution in [3.8, 4) is 5.69 Å². The van der Waals surface area contributed by atoms with Gasteiger partial charge in [-0.2, -0.15) is 13.2 Å². The number of sulfonamides is 1. The lowest BCUT2D eigenvalue weighted by molar-refractivity contribution is -0.137. The van der Waals surface area contributed by atoms with Crippen LogP contribution in [0, 0.1) is 6.92 Å². The van der Waals surface area contributed by atoms with Crippen molar-refractivity contribution in [1.82, 2.24) is 9.36 Å². The van der Waals surface area contributed by atoms with Crippen LogP contribution in [0.5, 0.6) is 0 Å². The quantitative estimate of drug-likeness (QED) is 0.375. The second-order valence-electron chi connectivity index (χ2n) is 8.36. The number of anilines is 2. The third kappa shape index (κ3) is 5.21. The number of carbonyl (C=O) groups excluding carboxylic acids is 1. The number of amides is 1. The van der Waals surface area contributed by atoms with Crippen LogP contribution in [0.3, 0.4) is 0 Å². The van der Waals surface area contributed by atoms with Gasteiger partial charge in [-0.3, -0.25) is 14.3 Å². The van der Waals surface area contributed by atoms with E-state index in [1.54, 1.807) is 43.4 Å². The fourth-order valence-corrected chi connectivity index (χ4v) is 5.44. The number of benzene rings is 3. The minimum absolute atomic E-state index is 0.166. The van der Waals surface area contributed by atoms with Gasteiger partial charge in [-0.05, 0) is 49.4 Å². The molecule has 0 fully saturated rings. The largest absolute Gasteiger partial charge is 0.416 e. The van der Waals surface area contributed by atoms with Gasteiger partial charge in [0.1, 0.15) is 12.2 Å². The van der Waals surface area contributed by atoms with E-state index in [-0.39, 0.29) is 22.0 Å². The standard InChI is InChI=1S/C26H23F3N4O4S/c1-18-24(25(35)33(31(18)2)21-12-5-3-6-13-21)32(38(36,37)22-14-7-4-8-15-22)17-23(34)30-20-11-9-10-19(16-20)26(27,28)29/h3-16H,17H2,1-2H3,(H,30,34). The number of nitrogens with one attached hydrogen (secondary N) is 1. The van der Waals surface area contributed by atoms with E-state index in [0.717, 1.165) is 18.2 Å². The first kappa shape index (κ1) is 26.7. The molecule has 1 aromatic heterocycles. The fraction of sp³-hybridized carbons (Fsp3) is 0.154. The highest BCUT2D eigenvalue weighted by Crippen LogP contribution is 2.31. The average Bonchev–Trinajstić information content (AvgIpc) is 3.10. The van der Waals surface area contributed by atoms with E-state index in [0.29, 0.717) is 9.99 Å². The normalized spacial score (nSPS) is 11.8. The molecule has 8 nitrogen and oxygen atoms in total. The maximum absolute atomic E-state index is 13.7. The summed E-state index contributed by atoms with van der Waals surface area (Å²) in [5, 5.41) is 2.31. The summed E-state index contributed by atoms with van der Waals surface area (Å²) in [4.78, 5) is 26.4. The van der Waals surface area contributed by atoms with Crippen molar-refractivity contribution in [3.05, 3.63) is 107 Å². The van der Waals surface area contributed by atoms with Crippen molar-refractivity contribution in [2.75, 3.05) is 16.2 Å². The SMILES string of the molecule is Cc1c(N(CC(=O)Nc2cccc(C(F)(F)F)c2)S(=O)(=O)c2ccccc2)c(=O)n(-c2ccccc2)n1C. The van der Waals surface area contributed by atoms with Crippen molar-refractivity contribution in [3.63, 3.8) is 0 Å². The Balaban J connectivity index is 1.79. The molecule has 0 saturated heterocycles. The smallest absolute Gasteiger partial charge is 0.325 e. The maximum Gasteiger partial charge on any atom is 0.416 e. The number of rotatable bonds is 7. The predicted molar refractivity (Wildman–Crippen MR) is 137 cm³/mol. The zero-order chi connectivity index (χ0) is 27.7. The third-order valence-electron chi connectivity index (χ3n) is 5.87. The molecule has 0 saturated carbocycles. The van der Waals surface area contributed by atoms with Crippen LogP contribution in [-0.2, 0) is 28.0 Å². The highest BCUT2D eigenvalue weighted by molar-refractivity contribution is 7.92. The van der Waals surface area contributed by atoms with Crippen LogP contribution in [-0.4, -0.2) is 30.2 Å². The maximum atomic E-state index is 13.7. The molecule has 0 unspecified atom stereocenters. The number of alkyl halides is 3. The van der Waals surface area contributed by atoms with Crippen molar-refractivity contribution in [2.45, 2.75) is 18.0 Å². The van der Waals surface area contributed by atoms with Crippen molar-refractivity contribution in [1.29, 1.82) is 0 Å². The van der Waals surface area contributed by atoms with Gasteiger partial charge in [0.2, 0.25) is 5.91 Å². The van der Waals surface area contributed by atoms with Gasteiger partial charge in [0.25, 0.3) is 15.6 Å². The number of nitrogens with zero attached hydrogens (tertiary/aromatic N) is 3. The molecule has 4 rings (SSSR count). The van der Waals surface area contributed by atoms with Gasteiger partial charge in [-0.1, -0.05) is 42.5 Å². The number of aromatic nitrogens is 2. The van der Waals surface area contributed by atoms with Crippen LogP contribution in [0.1, 0.15) is 11.3 Å². The Morgan fingerprint density at radius 3 is 2.16 bits per heavy atom. The van der Waals surface area contributed by atoms with Gasteiger partial charge in [-0.25, -0.2) is 17.4 Å². The van der Waals surface area contributed by atoms with E-state index < -0.39 is 39.8 Å². The van der Waals surface area contributed by atoms with Crippen LogP contribution in [0.25, 0.3) is 5.69 Å². The lowest BCUT2D eigenvalue weighted by Crippen LogP contribution is -2.41. The van der Waals surface area contributed by atoms with E-state index in [2.05, 4.69) is 5.32 Å². The van der Waals surface area contributed by atoms with Gasteiger partial charge < -0.3 is 5.32 Å². The van der Waals surface area contributed by atoms with Crippen LogP contribution in [0.4, 0.5) is 24.5 Å². The van der Waals surface area contributed by atoms with Crippen molar-refractivity contribution >= 4 is 27.3 Å². The van der Waals surface area contributed by atoms with Gasteiger partial charge in [0.05, 0.1) is 21.8 Å². The topological polar surface area (TPSA) is 93.4 Å². The first-order chi connectivity index (χ1) is 17.9. The first-order valence-corrected chi connectivity index (χ1v) is 12.7. The zero-order valence-corrected chi connectivity index (χ0v) is 21.1. The lowest BCUT2D eigenvalue weighted by atomic mass is 10.2. The average molecular weight is 545 g/mol. The molecule has 1 heterocycles. The Hall–Kier alpha value is -4.32. The molecule has 38 heavy (non-hydrogen) atoms. The van der Waals surface area contributed by atoms with Crippen molar-refractivity contribution in [2.24, 2.45) is 7.05 Å². The van der Waals surface area contributed by atoms with Gasteiger partial charge in [0, 0.05) is 12.7 Å². The number of hydrogen-bond acceptors (Lipinski definition) is 4. The van der Waals surface area contributed by atoms with E-state index in [4.69, 9.17) is 0 Å². The molecule has 4 aromatic rings. The summed E-state index contributed by atoms with van der Waals surface area (Å²) < 4.78 is 70.2. The van der Waals surface area contributed by atoms with Gasteiger partial charge in [-0.15, -0.1) is 0 Å². The number of para-hydroxylation sites is 1. The predicted octanol–water partition coefficient (Wildman–Crippen LogP) is 4.34. The molecule has 0 aliphatic heterocycles. The van der Waals surface area contributed by atoms with Crippen LogP contribution < -0.4 is 15.2 Å². The molecule has 0 radical (unpaired) electrons. The Morgan fingerprint density at radius 2 is 1.55 bits per heavy atom. The third-order valence-corrected chi connectivity index (χ3v) is 7.63. The fourth-order valence-electron chi connectivity index (χ4n) is 3.95. The molecule has 1 amide bonds. The van der Waals surface area contributed by atoms with Crippen molar-refractivity contribution < 1.29 is 26.4 Å². The molecule has 1 N–H and O–H groups in total. The number of halogens is 3. The van der Waals surface area contributed by atoms with Crippen LogP contribution >= 0.6 is 0 Å². The molecule has 198 valence electrons. The molecule has 12 heteroatoms. The molecule has 3 aromatic carbocycles. The summed E-state index contributed by atoms with van der Waals surface area (Å²) >= 11 is 0. The van der Waals surface area contributed by atoms with Crippen LogP contribution in [0.15, 0.2) is 94.6 Å². The monoisotopic (exact) mass is 544 g/mol. The Bertz CT molecular complexity index is 1630. The molecule has 0 aliphatic carbocycles. The Kier molecular flexibility index (Phi) is 7.18. The zero-order valence-electron chi connectivity index (χ0n) is 20.3. The summed E-state index contributed by atoms with van der Waals surface area (Å²) in [6.45, 7) is 0.677. The number of carbonyl (C=O) groups is 1. The summed E-state index contributed by atoms with van der Waals surface area (Å²) in [6.07, 6.45) is -4.63. The summed E-state index contributed by atoms with van der Waals surface area (Å²) in [7, 11) is -2.86. The number of hydrogen-bond donors (Lipinski definition) is 1. The molecule has 0 aliphatic rings. The first-order valence-electron chi connectivity index (χ1n) is 11.3. The highest BCUT2D eigenvalue weighted by atomic mass is 32.2. The van der Waals surface area contributed by atoms with Crippen LogP contribution in [0.2, 0.25) is 0 Å². The lowest BCUT2D eigenvalue weighted by Gasteiger charge is -2.23. The summed E-state index contributed by atoms with van der Waals surface area (Å²) in [5.41, 5.74) is -1.38. The minimum Gasteiger partial charge on any atom is -0.325 e. The summed E-state index contributed by atoms with van der Waals surface area (Å²) in [5.74, 6) is -0.933. The Morgan fingerprint density at radius 1 is 0.947 bits per heavy atom. The second kappa shape index (κ2) is 10.2. The van der Waals surface area contributed by atoms with Gasteiger partial charge in [0.15, 0.2) is 0 Å². The molecule has 0 bridgehead atoms. The molecular weight excluding hydrogens is 521 g/mol. The second-order valence-corrected chi connectivity index (χ2v) is 10.2. The minimum atomic E-state index is -4.63. The van der Waals surface area contributed by atoms with E-state index in [1.807, 2.05) is 0 Å². The highest BCUT2D eigenvalue weighted by Gasteiger charge is 2.34. The van der Waals surface area contributed by atoms with E-state index in [9.17, 15) is 31.2 Å².